The van der Waals surface area contributed by atoms with Crippen molar-refractivity contribution in [1.29, 1.82) is 0 Å². The summed E-state index contributed by atoms with van der Waals surface area (Å²) >= 11 is 0. The molecule has 1 aliphatic heterocycles. The summed E-state index contributed by atoms with van der Waals surface area (Å²) in [6.45, 7) is 3.71. The fraction of sp³-hybridized carbons (Fsp3) is 0.700. The Labute approximate surface area is 83.8 Å². The fourth-order valence-electron chi connectivity index (χ4n) is 1.33. The Bertz CT molecular complexity index is 234. The lowest BCUT2D eigenvalue weighted by atomic mass is 10.3. The number of rotatable bonds is 3. The van der Waals surface area contributed by atoms with Crippen LogP contribution in [-0.4, -0.2) is 25.5 Å². The monoisotopic (exact) mass is 200 g/mol. The third-order valence-electron chi connectivity index (χ3n) is 2.10. The molecule has 0 aliphatic carbocycles. The molecule has 2 atom stereocenters. The van der Waals surface area contributed by atoms with Crippen LogP contribution < -0.4 is 0 Å². The molecule has 1 saturated heterocycles. The first-order valence-electron chi connectivity index (χ1n) is 4.74. The highest BCUT2D eigenvalue weighted by Gasteiger charge is 2.25. The van der Waals surface area contributed by atoms with E-state index in [-0.39, 0.29) is 18.2 Å². The molecule has 0 saturated carbocycles. The normalized spacial score (nSPS) is 27.5. The van der Waals surface area contributed by atoms with Crippen LogP contribution in [0.5, 0.6) is 0 Å². The van der Waals surface area contributed by atoms with Gasteiger partial charge in [0.2, 0.25) is 12.0 Å². The third kappa shape index (κ3) is 2.73. The minimum atomic E-state index is -0.462. The van der Waals surface area contributed by atoms with Gasteiger partial charge in [-0.3, -0.25) is 0 Å². The van der Waals surface area contributed by atoms with Crippen molar-refractivity contribution in [1.82, 2.24) is 0 Å². The number of methoxy groups -OCH3 is 1. The molecule has 1 heterocycles. The van der Waals surface area contributed by atoms with Crippen LogP contribution in [0.3, 0.4) is 0 Å². The maximum absolute atomic E-state index is 11.1. The lowest BCUT2D eigenvalue weighted by molar-refractivity contribution is -0.151. The molecular formula is C10H16O4. The van der Waals surface area contributed by atoms with Gasteiger partial charge in [0.05, 0.1) is 13.2 Å². The summed E-state index contributed by atoms with van der Waals surface area (Å²) in [5.74, 6) is -0.248. The molecule has 1 rings (SSSR count). The zero-order valence-corrected chi connectivity index (χ0v) is 8.78. The van der Waals surface area contributed by atoms with Gasteiger partial charge < -0.3 is 14.2 Å². The van der Waals surface area contributed by atoms with Crippen molar-refractivity contribution in [3.63, 3.8) is 0 Å². The quantitative estimate of drug-likeness (QED) is 0.394. The fourth-order valence-corrected chi connectivity index (χ4v) is 1.33. The Balaban J connectivity index is 2.46. The van der Waals surface area contributed by atoms with Crippen molar-refractivity contribution in [2.24, 2.45) is 0 Å². The Morgan fingerprint density at radius 1 is 1.50 bits per heavy atom. The van der Waals surface area contributed by atoms with Gasteiger partial charge in [-0.2, -0.15) is 0 Å². The van der Waals surface area contributed by atoms with Crippen molar-refractivity contribution in [3.05, 3.63) is 11.8 Å². The van der Waals surface area contributed by atoms with Crippen molar-refractivity contribution >= 4 is 5.97 Å². The van der Waals surface area contributed by atoms with Gasteiger partial charge in [-0.1, -0.05) is 0 Å². The first kappa shape index (κ1) is 11.0. The molecule has 1 fully saturated rings. The minimum Gasteiger partial charge on any atom is -0.463 e. The number of carbonyl (C=O) groups excluding carboxylic acids is 1. The Hall–Kier alpha value is -1.03. The summed E-state index contributed by atoms with van der Waals surface area (Å²) in [7, 11) is 1.33. The van der Waals surface area contributed by atoms with Crippen LogP contribution >= 0.6 is 0 Å². The second-order valence-electron chi connectivity index (χ2n) is 3.22. The highest BCUT2D eigenvalue weighted by molar-refractivity contribution is 5.85. The van der Waals surface area contributed by atoms with Gasteiger partial charge >= 0.3 is 5.97 Å². The van der Waals surface area contributed by atoms with Crippen LogP contribution in [0.4, 0.5) is 0 Å². The molecule has 4 heteroatoms. The highest BCUT2D eigenvalue weighted by atomic mass is 16.7. The molecule has 4 nitrogen and oxygen atoms in total. The molecule has 80 valence electrons. The average Bonchev–Trinajstić information content (AvgIpc) is 2.59. The Morgan fingerprint density at radius 2 is 2.21 bits per heavy atom. The van der Waals surface area contributed by atoms with Crippen molar-refractivity contribution in [2.75, 3.05) is 7.11 Å². The van der Waals surface area contributed by atoms with E-state index in [2.05, 4.69) is 4.74 Å². The van der Waals surface area contributed by atoms with Gasteiger partial charge in [0.1, 0.15) is 0 Å². The summed E-state index contributed by atoms with van der Waals surface area (Å²) in [5, 5.41) is 0. The highest BCUT2D eigenvalue weighted by Crippen LogP contribution is 2.22. The molecule has 0 bridgehead atoms. The Morgan fingerprint density at radius 3 is 2.64 bits per heavy atom. The van der Waals surface area contributed by atoms with Gasteiger partial charge in [0, 0.05) is 6.42 Å². The number of ether oxygens (including phenoxy) is 3. The molecule has 0 radical (unpaired) electrons. The molecular weight excluding hydrogens is 184 g/mol. The second kappa shape index (κ2) is 5.00. The van der Waals surface area contributed by atoms with E-state index in [9.17, 15) is 4.79 Å². The number of esters is 1. The molecule has 0 amide bonds. The van der Waals surface area contributed by atoms with E-state index >= 15 is 0 Å². The maximum Gasteiger partial charge on any atom is 0.373 e. The molecule has 0 N–H and O–H groups in total. The van der Waals surface area contributed by atoms with Crippen LogP contribution in [0.25, 0.3) is 0 Å². The van der Waals surface area contributed by atoms with Gasteiger partial charge in [-0.05, 0) is 26.3 Å². The van der Waals surface area contributed by atoms with Gasteiger partial charge in [-0.15, -0.1) is 0 Å². The summed E-state index contributed by atoms with van der Waals surface area (Å²) in [4.78, 5) is 11.1. The third-order valence-corrected chi connectivity index (χ3v) is 2.10. The average molecular weight is 200 g/mol. The standard InChI is InChI=1S/C10H16O4/c1-4-8(10(11)12-3)14-9-6-5-7(2)13-9/h4,7,9H,5-6H2,1-3H3/b8-4+/t7?,9-/m1/s1. The van der Waals surface area contributed by atoms with E-state index in [1.54, 1.807) is 13.0 Å². The van der Waals surface area contributed by atoms with E-state index in [1.165, 1.54) is 7.11 Å². The van der Waals surface area contributed by atoms with Crippen molar-refractivity contribution in [2.45, 2.75) is 39.1 Å². The van der Waals surface area contributed by atoms with Gasteiger partial charge in [0.15, 0.2) is 0 Å². The lowest BCUT2D eigenvalue weighted by Crippen LogP contribution is -2.17. The van der Waals surface area contributed by atoms with Crippen LogP contribution in [0, 0.1) is 0 Å². The van der Waals surface area contributed by atoms with Gasteiger partial charge in [-0.25, -0.2) is 4.79 Å². The maximum atomic E-state index is 11.1. The lowest BCUT2D eigenvalue weighted by Gasteiger charge is -2.14. The van der Waals surface area contributed by atoms with Crippen molar-refractivity contribution in [3.8, 4) is 0 Å². The number of hydrogen-bond donors (Lipinski definition) is 0. The van der Waals surface area contributed by atoms with Crippen LogP contribution in [0.15, 0.2) is 11.8 Å². The Kier molecular flexibility index (Phi) is 3.95. The predicted octanol–water partition coefficient (Wildman–Crippen LogP) is 1.60. The zero-order valence-electron chi connectivity index (χ0n) is 8.78. The molecule has 1 unspecified atom stereocenters. The topological polar surface area (TPSA) is 44.8 Å². The van der Waals surface area contributed by atoms with Crippen LogP contribution in [-0.2, 0) is 19.0 Å². The van der Waals surface area contributed by atoms with Gasteiger partial charge in [0.25, 0.3) is 0 Å². The number of carbonyl (C=O) groups is 1. The van der Waals surface area contributed by atoms with E-state index in [1.807, 2.05) is 6.92 Å². The molecule has 0 aromatic rings. The summed E-state index contributed by atoms with van der Waals surface area (Å²) in [6, 6.07) is 0. The van der Waals surface area contributed by atoms with Crippen LogP contribution in [0.1, 0.15) is 26.7 Å². The summed E-state index contributed by atoms with van der Waals surface area (Å²) < 4.78 is 15.3. The zero-order chi connectivity index (χ0) is 10.6. The summed E-state index contributed by atoms with van der Waals surface area (Å²) in [5.41, 5.74) is 0. The minimum absolute atomic E-state index is 0.204. The smallest absolute Gasteiger partial charge is 0.373 e. The summed E-state index contributed by atoms with van der Waals surface area (Å²) in [6.07, 6.45) is 3.25. The number of allylic oxidation sites excluding steroid dienone is 1. The number of hydrogen-bond acceptors (Lipinski definition) is 4. The molecule has 0 aromatic carbocycles. The van der Waals surface area contributed by atoms with E-state index in [4.69, 9.17) is 9.47 Å². The molecule has 1 aliphatic rings. The SMILES string of the molecule is C/C=C(/O[C@@H]1CCC(C)O1)C(=O)OC. The largest absolute Gasteiger partial charge is 0.463 e. The first-order chi connectivity index (χ1) is 6.67. The molecule has 14 heavy (non-hydrogen) atoms. The van der Waals surface area contributed by atoms with E-state index < -0.39 is 5.97 Å². The molecule has 0 spiro atoms. The van der Waals surface area contributed by atoms with E-state index in [0.29, 0.717) is 0 Å². The second-order valence-corrected chi connectivity index (χ2v) is 3.22. The van der Waals surface area contributed by atoms with E-state index in [0.717, 1.165) is 12.8 Å². The van der Waals surface area contributed by atoms with Crippen LogP contribution in [0.2, 0.25) is 0 Å². The predicted molar refractivity (Wildman–Crippen MR) is 50.4 cm³/mol. The first-order valence-corrected chi connectivity index (χ1v) is 4.74. The molecule has 0 aromatic heterocycles. The van der Waals surface area contributed by atoms with Crippen molar-refractivity contribution < 1.29 is 19.0 Å².